The van der Waals surface area contributed by atoms with E-state index in [9.17, 15) is 0 Å². The van der Waals surface area contributed by atoms with Gasteiger partial charge >= 0.3 is 0 Å². The Bertz CT molecular complexity index is 424. The summed E-state index contributed by atoms with van der Waals surface area (Å²) in [6.07, 6.45) is 1.17. The van der Waals surface area contributed by atoms with E-state index in [4.69, 9.17) is 11.6 Å². The van der Waals surface area contributed by atoms with Gasteiger partial charge in [-0.1, -0.05) is 18.5 Å². The van der Waals surface area contributed by atoms with Crippen molar-refractivity contribution < 1.29 is 0 Å². The Morgan fingerprint density at radius 3 is 2.72 bits per heavy atom. The first-order chi connectivity index (χ1) is 8.54. The molecule has 1 aliphatic heterocycles. The second-order valence-corrected chi connectivity index (χ2v) is 6.73. The molecule has 3 atom stereocenters. The largest absolute Gasteiger partial charge is 0.367 e. The summed E-state index contributed by atoms with van der Waals surface area (Å²) in [5, 5.41) is 4.28. The monoisotopic (exact) mass is 378 g/mol. The molecule has 0 bridgehead atoms. The molecule has 0 aliphatic carbocycles. The first-order valence-electron chi connectivity index (χ1n) is 6.43. The second-order valence-electron chi connectivity index (χ2n) is 5.07. The van der Waals surface area contributed by atoms with Gasteiger partial charge in [0, 0.05) is 22.2 Å². The summed E-state index contributed by atoms with van der Waals surface area (Å²) in [4.78, 5) is 2.44. The smallest absolute Gasteiger partial charge is 0.0650 e. The van der Waals surface area contributed by atoms with Crippen LogP contribution in [0.3, 0.4) is 0 Å². The zero-order valence-electron chi connectivity index (χ0n) is 11.1. The van der Waals surface area contributed by atoms with Crippen molar-refractivity contribution in [3.63, 3.8) is 0 Å². The van der Waals surface area contributed by atoms with E-state index in [0.29, 0.717) is 18.0 Å². The van der Waals surface area contributed by atoms with E-state index in [1.165, 1.54) is 15.7 Å². The average Bonchev–Trinajstić information content (AvgIpc) is 2.34. The lowest BCUT2D eigenvalue weighted by molar-refractivity contribution is 0.283. The molecule has 18 heavy (non-hydrogen) atoms. The van der Waals surface area contributed by atoms with E-state index in [0.717, 1.165) is 11.6 Å². The molecule has 2 rings (SSSR count). The zero-order valence-corrected chi connectivity index (χ0v) is 14.0. The summed E-state index contributed by atoms with van der Waals surface area (Å²) in [6, 6.07) is 7.43. The number of benzene rings is 1. The summed E-state index contributed by atoms with van der Waals surface area (Å²) in [7, 11) is 2.06. The third kappa shape index (κ3) is 2.78. The molecule has 1 aliphatic rings. The molecule has 3 unspecified atom stereocenters. The van der Waals surface area contributed by atoms with Crippen molar-refractivity contribution in [3.8, 4) is 0 Å². The summed E-state index contributed by atoms with van der Waals surface area (Å²) in [6.45, 7) is 5.68. The minimum absolute atomic E-state index is 0.508. The van der Waals surface area contributed by atoms with E-state index >= 15 is 0 Å². The fraction of sp³-hybridized carbons (Fsp3) is 0.571. The molecule has 100 valence electrons. The van der Waals surface area contributed by atoms with Crippen LogP contribution in [-0.4, -0.2) is 25.7 Å². The highest BCUT2D eigenvalue weighted by Gasteiger charge is 2.32. The molecule has 4 heteroatoms. The molecule has 2 nitrogen and oxygen atoms in total. The van der Waals surface area contributed by atoms with Crippen LogP contribution < -0.4 is 10.2 Å². The Balaban J connectivity index is 2.24. The third-order valence-electron chi connectivity index (χ3n) is 4.16. The molecule has 1 N–H and O–H groups in total. The lowest BCUT2D eigenvalue weighted by atomic mass is 9.87. The molecular weight excluding hydrogens is 359 g/mol. The first kappa shape index (κ1) is 14.4. The fourth-order valence-electron chi connectivity index (χ4n) is 2.83. The highest BCUT2D eigenvalue weighted by Crippen LogP contribution is 2.34. The summed E-state index contributed by atoms with van der Waals surface area (Å²) < 4.78 is 1.19. The number of nitrogens with zero attached hydrogens (tertiary/aromatic N) is 1. The van der Waals surface area contributed by atoms with Gasteiger partial charge in [-0.15, -0.1) is 0 Å². The third-order valence-corrected chi connectivity index (χ3v) is 5.13. The number of halogens is 2. The van der Waals surface area contributed by atoms with Crippen molar-refractivity contribution in [2.75, 3.05) is 18.5 Å². The number of piperidine rings is 1. The van der Waals surface area contributed by atoms with E-state index in [-0.39, 0.29) is 0 Å². The van der Waals surface area contributed by atoms with Gasteiger partial charge in [0.15, 0.2) is 0 Å². The van der Waals surface area contributed by atoms with Gasteiger partial charge in [0.05, 0.1) is 10.7 Å². The molecule has 1 saturated heterocycles. The maximum atomic E-state index is 6.38. The second kappa shape index (κ2) is 5.97. The Labute approximate surface area is 128 Å². The van der Waals surface area contributed by atoms with Crippen LogP contribution in [-0.2, 0) is 0 Å². The first-order valence-corrected chi connectivity index (χ1v) is 7.89. The van der Waals surface area contributed by atoms with Gasteiger partial charge < -0.3 is 10.2 Å². The summed E-state index contributed by atoms with van der Waals surface area (Å²) >= 11 is 8.68. The van der Waals surface area contributed by atoms with Crippen molar-refractivity contribution in [3.05, 3.63) is 26.8 Å². The number of rotatable bonds is 2. The summed E-state index contributed by atoms with van der Waals surface area (Å²) in [5.74, 6) is 0.624. The van der Waals surface area contributed by atoms with Crippen molar-refractivity contribution >= 4 is 39.9 Å². The standard InChI is InChI=1S/C14H20ClIN2/c1-9-10(2)18(7-6-13(9)17-3)14-5-4-11(16)8-12(14)15/h4-5,8-10,13,17H,6-7H2,1-3H3. The zero-order chi connectivity index (χ0) is 13.3. The molecule has 0 saturated carbocycles. The van der Waals surface area contributed by atoms with Gasteiger partial charge in [0.2, 0.25) is 0 Å². The van der Waals surface area contributed by atoms with Crippen LogP contribution in [0.25, 0.3) is 0 Å². The lowest BCUT2D eigenvalue weighted by Crippen LogP contribution is -2.52. The van der Waals surface area contributed by atoms with Gasteiger partial charge in [-0.3, -0.25) is 0 Å². The van der Waals surface area contributed by atoms with E-state index in [1.54, 1.807) is 0 Å². The highest BCUT2D eigenvalue weighted by molar-refractivity contribution is 14.1. The Hall–Kier alpha value is -0.0000000000000000555. The maximum absolute atomic E-state index is 6.38. The predicted octanol–water partition coefficient (Wildman–Crippen LogP) is 3.77. The Kier molecular flexibility index (Phi) is 4.78. The Morgan fingerprint density at radius 2 is 2.11 bits per heavy atom. The number of nitrogens with one attached hydrogen (secondary N) is 1. The van der Waals surface area contributed by atoms with Crippen molar-refractivity contribution in [1.82, 2.24) is 5.32 Å². The molecular formula is C14H20ClIN2. The van der Waals surface area contributed by atoms with Crippen LogP contribution in [0.2, 0.25) is 5.02 Å². The SMILES string of the molecule is CNC1CCN(c2ccc(I)cc2Cl)C(C)C1C. The minimum atomic E-state index is 0.508. The molecule has 1 aromatic carbocycles. The molecule has 1 aromatic rings. The minimum Gasteiger partial charge on any atom is -0.367 e. The van der Waals surface area contributed by atoms with Gasteiger partial charge in [-0.2, -0.15) is 0 Å². The quantitative estimate of drug-likeness (QED) is 0.788. The average molecular weight is 379 g/mol. The van der Waals surface area contributed by atoms with Gasteiger partial charge in [-0.25, -0.2) is 0 Å². The van der Waals surface area contributed by atoms with Gasteiger partial charge in [0.25, 0.3) is 0 Å². The van der Waals surface area contributed by atoms with Gasteiger partial charge in [-0.05, 0) is 67.1 Å². The number of anilines is 1. The van der Waals surface area contributed by atoms with Crippen LogP contribution in [0.15, 0.2) is 18.2 Å². The topological polar surface area (TPSA) is 15.3 Å². The predicted molar refractivity (Wildman–Crippen MR) is 87.6 cm³/mol. The number of hydrogen-bond acceptors (Lipinski definition) is 2. The lowest BCUT2D eigenvalue weighted by Gasteiger charge is -2.44. The van der Waals surface area contributed by atoms with Crippen LogP contribution in [0, 0.1) is 9.49 Å². The Morgan fingerprint density at radius 1 is 1.39 bits per heavy atom. The normalized spacial score (nSPS) is 28.5. The van der Waals surface area contributed by atoms with Crippen molar-refractivity contribution in [2.24, 2.45) is 5.92 Å². The van der Waals surface area contributed by atoms with Crippen LogP contribution >= 0.6 is 34.2 Å². The van der Waals surface area contributed by atoms with E-state index in [2.05, 4.69) is 65.8 Å². The van der Waals surface area contributed by atoms with E-state index in [1.807, 2.05) is 6.07 Å². The highest BCUT2D eigenvalue weighted by atomic mass is 127. The van der Waals surface area contributed by atoms with E-state index < -0.39 is 0 Å². The van der Waals surface area contributed by atoms with Crippen molar-refractivity contribution in [2.45, 2.75) is 32.4 Å². The van der Waals surface area contributed by atoms with Crippen LogP contribution in [0.4, 0.5) is 5.69 Å². The molecule has 0 radical (unpaired) electrons. The molecule has 1 fully saturated rings. The number of hydrogen-bond donors (Lipinski definition) is 1. The molecule has 0 aromatic heterocycles. The van der Waals surface area contributed by atoms with Crippen molar-refractivity contribution in [1.29, 1.82) is 0 Å². The van der Waals surface area contributed by atoms with Gasteiger partial charge in [0.1, 0.15) is 0 Å². The summed E-state index contributed by atoms with van der Waals surface area (Å²) in [5.41, 5.74) is 1.17. The van der Waals surface area contributed by atoms with Crippen LogP contribution in [0.5, 0.6) is 0 Å². The maximum Gasteiger partial charge on any atom is 0.0650 e. The molecule has 1 heterocycles. The molecule has 0 amide bonds. The van der Waals surface area contributed by atoms with Crippen LogP contribution in [0.1, 0.15) is 20.3 Å². The fourth-order valence-corrected chi connectivity index (χ4v) is 3.79. The molecule has 0 spiro atoms.